The molecule has 0 amide bonds. The second-order valence-electron chi connectivity index (χ2n) is 4.99. The lowest BCUT2D eigenvalue weighted by atomic mass is 10.2. The molecule has 0 spiro atoms. The molecule has 1 N–H and O–H groups in total. The maximum absolute atomic E-state index is 12.0. The molecule has 0 bridgehead atoms. The average molecular weight is 298 g/mol. The van der Waals surface area contributed by atoms with Gasteiger partial charge < -0.3 is 9.47 Å². The van der Waals surface area contributed by atoms with Crippen molar-refractivity contribution in [2.45, 2.75) is 13.0 Å². The highest BCUT2D eigenvalue weighted by Gasteiger charge is 2.07. The minimum atomic E-state index is -0.0992. The van der Waals surface area contributed by atoms with Crippen LogP contribution in [-0.2, 0) is 6.54 Å². The van der Waals surface area contributed by atoms with Crippen LogP contribution < -0.4 is 15.0 Å². The van der Waals surface area contributed by atoms with E-state index in [1.807, 2.05) is 47.1 Å². The van der Waals surface area contributed by atoms with Crippen molar-refractivity contribution in [2.24, 2.45) is 0 Å². The van der Waals surface area contributed by atoms with E-state index in [0.717, 1.165) is 17.7 Å². The fourth-order valence-electron chi connectivity index (χ4n) is 2.41. The summed E-state index contributed by atoms with van der Waals surface area (Å²) < 4.78 is 12.7. The van der Waals surface area contributed by atoms with Crippen LogP contribution in [0.15, 0.2) is 53.3 Å². The highest BCUT2D eigenvalue weighted by molar-refractivity contribution is 5.80. The van der Waals surface area contributed by atoms with Crippen LogP contribution in [0.3, 0.4) is 0 Å². The van der Waals surface area contributed by atoms with Crippen molar-refractivity contribution >= 4 is 10.9 Å². The zero-order valence-electron chi connectivity index (χ0n) is 12.4. The number of benzene rings is 2. The Morgan fingerprint density at radius 2 is 1.91 bits per heavy atom. The molecular weight excluding hydrogens is 280 g/mol. The monoisotopic (exact) mass is 298 g/mol. The number of aryl methyl sites for hydroxylation is 1. The second-order valence-corrected chi connectivity index (χ2v) is 4.99. The van der Waals surface area contributed by atoms with Gasteiger partial charge in [0.25, 0.3) is 5.56 Å². The van der Waals surface area contributed by atoms with Crippen LogP contribution in [0.4, 0.5) is 0 Å². The molecule has 5 nitrogen and oxygen atoms in total. The molecule has 22 heavy (non-hydrogen) atoms. The van der Waals surface area contributed by atoms with Crippen LogP contribution in [0.2, 0.25) is 0 Å². The van der Waals surface area contributed by atoms with Gasteiger partial charge in [0.1, 0.15) is 11.5 Å². The Hall–Kier alpha value is -2.69. The molecule has 0 aliphatic heterocycles. The number of nitrogens with one attached hydrogen (secondary N) is 1. The Bertz CT molecular complexity index is 806. The lowest BCUT2D eigenvalue weighted by Crippen LogP contribution is -2.08. The van der Waals surface area contributed by atoms with Crippen LogP contribution in [-0.4, -0.2) is 23.5 Å². The van der Waals surface area contributed by atoms with E-state index >= 15 is 0 Å². The molecule has 0 saturated heterocycles. The Morgan fingerprint density at radius 3 is 2.68 bits per heavy atom. The molecule has 0 aliphatic rings. The molecule has 3 rings (SSSR count). The van der Waals surface area contributed by atoms with Crippen LogP contribution in [0, 0.1) is 0 Å². The molecule has 0 saturated carbocycles. The summed E-state index contributed by atoms with van der Waals surface area (Å²) in [7, 11) is 1.59. The Labute approximate surface area is 128 Å². The molecule has 5 heteroatoms. The Kier molecular flexibility index (Phi) is 4.14. The fourth-order valence-corrected chi connectivity index (χ4v) is 2.41. The molecule has 1 aromatic heterocycles. The number of nitrogens with zero attached hydrogens (tertiary/aromatic N) is 1. The van der Waals surface area contributed by atoms with Gasteiger partial charge in [-0.2, -0.15) is 0 Å². The first-order valence-corrected chi connectivity index (χ1v) is 7.22. The van der Waals surface area contributed by atoms with E-state index < -0.39 is 0 Å². The normalized spacial score (nSPS) is 10.8. The molecule has 0 atom stereocenters. The third-order valence-corrected chi connectivity index (χ3v) is 3.51. The number of H-pyrrole nitrogens is 1. The van der Waals surface area contributed by atoms with Gasteiger partial charge in [-0.05, 0) is 30.3 Å². The standard InChI is InChI=1S/C17H18N2O3/c1-21-14-8-9-16-15(12-14)17(20)18-19(16)10-5-11-22-13-6-3-2-4-7-13/h2-4,6-9,12H,5,10-11H2,1H3,(H,18,20). The molecule has 0 aliphatic carbocycles. The van der Waals surface area contributed by atoms with Crippen molar-refractivity contribution in [1.29, 1.82) is 0 Å². The molecular formula is C17H18N2O3. The van der Waals surface area contributed by atoms with Gasteiger partial charge in [0.2, 0.25) is 0 Å². The molecule has 0 unspecified atom stereocenters. The second kappa shape index (κ2) is 6.39. The lowest BCUT2D eigenvalue weighted by Gasteiger charge is -2.07. The number of fused-ring (bicyclic) bond motifs is 1. The number of hydrogen-bond donors (Lipinski definition) is 1. The van der Waals surface area contributed by atoms with E-state index in [0.29, 0.717) is 24.3 Å². The van der Waals surface area contributed by atoms with Crippen LogP contribution >= 0.6 is 0 Å². The SMILES string of the molecule is COc1ccc2c(c1)c(=O)[nH]n2CCCOc1ccccc1. The zero-order chi connectivity index (χ0) is 15.4. The number of hydrogen-bond acceptors (Lipinski definition) is 3. The number of methoxy groups -OCH3 is 1. The topological polar surface area (TPSA) is 56.2 Å². The van der Waals surface area contributed by atoms with Gasteiger partial charge in [-0.3, -0.25) is 14.6 Å². The largest absolute Gasteiger partial charge is 0.497 e. The maximum atomic E-state index is 12.0. The van der Waals surface area contributed by atoms with Crippen molar-refractivity contribution in [3.05, 3.63) is 58.9 Å². The van der Waals surface area contributed by atoms with Gasteiger partial charge in [0.15, 0.2) is 0 Å². The first-order chi connectivity index (χ1) is 10.8. The van der Waals surface area contributed by atoms with E-state index in [1.165, 1.54) is 0 Å². The van der Waals surface area contributed by atoms with E-state index in [4.69, 9.17) is 9.47 Å². The first-order valence-electron chi connectivity index (χ1n) is 7.22. The fraction of sp³-hybridized carbons (Fsp3) is 0.235. The Morgan fingerprint density at radius 1 is 1.09 bits per heavy atom. The summed E-state index contributed by atoms with van der Waals surface area (Å²) in [5.41, 5.74) is 0.781. The highest BCUT2D eigenvalue weighted by Crippen LogP contribution is 2.18. The van der Waals surface area contributed by atoms with Crippen molar-refractivity contribution in [1.82, 2.24) is 9.78 Å². The van der Waals surface area contributed by atoms with Gasteiger partial charge in [-0.25, -0.2) is 0 Å². The summed E-state index contributed by atoms with van der Waals surface area (Å²) in [5, 5.41) is 3.49. The summed E-state index contributed by atoms with van der Waals surface area (Å²) in [5.74, 6) is 1.54. The summed E-state index contributed by atoms with van der Waals surface area (Å²) >= 11 is 0. The Balaban J connectivity index is 1.66. The predicted molar refractivity (Wildman–Crippen MR) is 85.7 cm³/mol. The summed E-state index contributed by atoms with van der Waals surface area (Å²) in [6.07, 6.45) is 0.806. The van der Waals surface area contributed by atoms with Gasteiger partial charge in [0.05, 0.1) is 24.6 Å². The van der Waals surface area contributed by atoms with Crippen molar-refractivity contribution in [3.63, 3.8) is 0 Å². The van der Waals surface area contributed by atoms with Gasteiger partial charge >= 0.3 is 0 Å². The van der Waals surface area contributed by atoms with E-state index in [1.54, 1.807) is 13.2 Å². The summed E-state index contributed by atoms with van der Waals surface area (Å²) in [4.78, 5) is 12.0. The first kappa shape index (κ1) is 14.3. The van der Waals surface area contributed by atoms with Crippen LogP contribution in [0.25, 0.3) is 10.9 Å². The number of ether oxygens (including phenoxy) is 2. The maximum Gasteiger partial charge on any atom is 0.272 e. The molecule has 2 aromatic carbocycles. The highest BCUT2D eigenvalue weighted by atomic mass is 16.5. The third kappa shape index (κ3) is 2.98. The van der Waals surface area contributed by atoms with E-state index in [-0.39, 0.29) is 5.56 Å². The number of rotatable bonds is 6. The van der Waals surface area contributed by atoms with Gasteiger partial charge in [0, 0.05) is 13.0 Å². The van der Waals surface area contributed by atoms with Gasteiger partial charge in [-0.15, -0.1) is 0 Å². The predicted octanol–water partition coefficient (Wildman–Crippen LogP) is 2.81. The molecule has 114 valence electrons. The zero-order valence-corrected chi connectivity index (χ0v) is 12.4. The number of para-hydroxylation sites is 1. The number of aromatic amines is 1. The van der Waals surface area contributed by atoms with Gasteiger partial charge in [-0.1, -0.05) is 18.2 Å². The van der Waals surface area contributed by atoms with Crippen molar-refractivity contribution in [2.75, 3.05) is 13.7 Å². The van der Waals surface area contributed by atoms with Crippen LogP contribution in [0.5, 0.6) is 11.5 Å². The lowest BCUT2D eigenvalue weighted by molar-refractivity contribution is 0.299. The minimum absolute atomic E-state index is 0.0992. The van der Waals surface area contributed by atoms with Crippen LogP contribution in [0.1, 0.15) is 6.42 Å². The minimum Gasteiger partial charge on any atom is -0.497 e. The van der Waals surface area contributed by atoms with Crippen molar-refractivity contribution in [3.8, 4) is 11.5 Å². The summed E-state index contributed by atoms with van der Waals surface area (Å²) in [6.45, 7) is 1.29. The molecule has 1 heterocycles. The molecule has 3 aromatic rings. The quantitative estimate of drug-likeness (QED) is 0.712. The smallest absolute Gasteiger partial charge is 0.272 e. The summed E-state index contributed by atoms with van der Waals surface area (Å²) in [6, 6.07) is 15.2. The third-order valence-electron chi connectivity index (χ3n) is 3.51. The van der Waals surface area contributed by atoms with E-state index in [2.05, 4.69) is 5.10 Å². The number of aromatic nitrogens is 2. The average Bonchev–Trinajstić information content (AvgIpc) is 2.88. The molecule has 0 radical (unpaired) electrons. The van der Waals surface area contributed by atoms with E-state index in [9.17, 15) is 4.79 Å². The molecule has 0 fully saturated rings. The van der Waals surface area contributed by atoms with Crippen molar-refractivity contribution < 1.29 is 9.47 Å².